The standard InChI is InChI=1S/C12H15N5O/c1-8-4-10(2-3-11(8)13)17-7-9(5-12(17)18)6-15-16-14/h2-4,9H,5-7,13H2,1H3. The summed E-state index contributed by atoms with van der Waals surface area (Å²) >= 11 is 0. The van der Waals surface area contributed by atoms with Crippen molar-refractivity contribution >= 4 is 17.3 Å². The first kappa shape index (κ1) is 12.3. The van der Waals surface area contributed by atoms with Gasteiger partial charge in [-0.05, 0) is 42.1 Å². The van der Waals surface area contributed by atoms with Crippen molar-refractivity contribution in [2.75, 3.05) is 23.7 Å². The van der Waals surface area contributed by atoms with Crippen LogP contribution in [0.2, 0.25) is 0 Å². The van der Waals surface area contributed by atoms with Crippen LogP contribution in [0.4, 0.5) is 11.4 Å². The summed E-state index contributed by atoms with van der Waals surface area (Å²) in [6.45, 7) is 2.88. The van der Waals surface area contributed by atoms with Gasteiger partial charge >= 0.3 is 0 Å². The number of nitrogens with zero attached hydrogens (tertiary/aromatic N) is 4. The molecule has 0 radical (unpaired) electrons. The molecule has 0 aliphatic carbocycles. The van der Waals surface area contributed by atoms with Crippen LogP contribution in [-0.2, 0) is 4.79 Å². The predicted octanol–water partition coefficient (Wildman–Crippen LogP) is 2.24. The van der Waals surface area contributed by atoms with Gasteiger partial charge in [-0.15, -0.1) is 0 Å². The number of benzene rings is 1. The largest absolute Gasteiger partial charge is 0.399 e. The van der Waals surface area contributed by atoms with Crippen LogP contribution in [0.3, 0.4) is 0 Å². The summed E-state index contributed by atoms with van der Waals surface area (Å²) in [6, 6.07) is 5.55. The Hall–Kier alpha value is -2.20. The van der Waals surface area contributed by atoms with Gasteiger partial charge in [-0.2, -0.15) is 0 Å². The Kier molecular flexibility index (Phi) is 3.39. The van der Waals surface area contributed by atoms with Crippen LogP contribution in [0.1, 0.15) is 12.0 Å². The molecule has 0 saturated carbocycles. The first-order chi connectivity index (χ1) is 8.61. The van der Waals surface area contributed by atoms with E-state index in [1.165, 1.54) is 0 Å². The highest BCUT2D eigenvalue weighted by Gasteiger charge is 2.30. The molecule has 18 heavy (non-hydrogen) atoms. The Labute approximate surface area is 105 Å². The van der Waals surface area contributed by atoms with Gasteiger partial charge in [0.15, 0.2) is 0 Å². The monoisotopic (exact) mass is 245 g/mol. The predicted molar refractivity (Wildman–Crippen MR) is 70.1 cm³/mol. The summed E-state index contributed by atoms with van der Waals surface area (Å²) in [4.78, 5) is 16.4. The van der Waals surface area contributed by atoms with Crippen molar-refractivity contribution in [3.63, 3.8) is 0 Å². The summed E-state index contributed by atoms with van der Waals surface area (Å²) in [6.07, 6.45) is 0.433. The molecule has 94 valence electrons. The van der Waals surface area contributed by atoms with E-state index in [0.29, 0.717) is 19.5 Å². The smallest absolute Gasteiger partial charge is 0.227 e. The van der Waals surface area contributed by atoms with E-state index in [9.17, 15) is 4.79 Å². The number of azide groups is 1. The highest BCUT2D eigenvalue weighted by Crippen LogP contribution is 2.27. The molecule has 0 spiro atoms. The molecule has 1 aromatic rings. The Morgan fingerprint density at radius 3 is 3.06 bits per heavy atom. The number of nitrogens with two attached hydrogens (primary N) is 1. The summed E-state index contributed by atoms with van der Waals surface area (Å²) in [5.41, 5.74) is 16.6. The number of rotatable bonds is 3. The van der Waals surface area contributed by atoms with Gasteiger partial charge in [0.05, 0.1) is 0 Å². The zero-order valence-corrected chi connectivity index (χ0v) is 10.2. The number of aryl methyl sites for hydroxylation is 1. The molecule has 1 aliphatic rings. The van der Waals surface area contributed by atoms with Crippen molar-refractivity contribution in [3.8, 4) is 0 Å². The molecule has 1 aromatic carbocycles. The van der Waals surface area contributed by atoms with Crippen LogP contribution in [0.5, 0.6) is 0 Å². The highest BCUT2D eigenvalue weighted by atomic mass is 16.2. The molecule has 1 fully saturated rings. The average molecular weight is 245 g/mol. The minimum atomic E-state index is 0.0670. The lowest BCUT2D eigenvalue weighted by molar-refractivity contribution is -0.117. The number of anilines is 2. The van der Waals surface area contributed by atoms with Crippen LogP contribution in [0.25, 0.3) is 10.4 Å². The van der Waals surface area contributed by atoms with Crippen molar-refractivity contribution in [1.29, 1.82) is 0 Å². The van der Waals surface area contributed by atoms with Gasteiger partial charge in [-0.25, -0.2) is 0 Å². The summed E-state index contributed by atoms with van der Waals surface area (Å²) in [5.74, 6) is 0.170. The maximum atomic E-state index is 11.9. The summed E-state index contributed by atoms with van der Waals surface area (Å²) in [5, 5.41) is 3.53. The molecule has 1 unspecified atom stereocenters. The number of nitrogen functional groups attached to an aromatic ring is 1. The summed E-state index contributed by atoms with van der Waals surface area (Å²) < 4.78 is 0. The van der Waals surface area contributed by atoms with Gasteiger partial charge in [0.1, 0.15) is 0 Å². The summed E-state index contributed by atoms with van der Waals surface area (Å²) in [7, 11) is 0. The van der Waals surface area contributed by atoms with E-state index in [2.05, 4.69) is 10.0 Å². The topological polar surface area (TPSA) is 95.1 Å². The first-order valence-corrected chi connectivity index (χ1v) is 5.79. The normalized spacial score (nSPS) is 18.8. The van der Waals surface area contributed by atoms with E-state index in [-0.39, 0.29) is 11.8 Å². The molecule has 1 saturated heterocycles. The lowest BCUT2D eigenvalue weighted by Crippen LogP contribution is -2.24. The van der Waals surface area contributed by atoms with Crippen LogP contribution in [0, 0.1) is 12.8 Å². The Morgan fingerprint density at radius 2 is 2.39 bits per heavy atom. The number of carbonyl (C=O) groups excluding carboxylic acids is 1. The van der Waals surface area contributed by atoms with Gasteiger partial charge in [0.2, 0.25) is 5.91 Å². The average Bonchev–Trinajstić information content (AvgIpc) is 2.71. The molecular weight excluding hydrogens is 230 g/mol. The fourth-order valence-electron chi connectivity index (χ4n) is 2.13. The zero-order valence-electron chi connectivity index (χ0n) is 10.2. The van der Waals surface area contributed by atoms with Crippen LogP contribution >= 0.6 is 0 Å². The molecule has 0 bridgehead atoms. The molecule has 2 N–H and O–H groups in total. The van der Waals surface area contributed by atoms with Crippen molar-refractivity contribution in [3.05, 3.63) is 34.2 Å². The lowest BCUT2D eigenvalue weighted by Gasteiger charge is -2.17. The molecule has 6 nitrogen and oxygen atoms in total. The minimum absolute atomic E-state index is 0.0670. The first-order valence-electron chi connectivity index (χ1n) is 5.79. The minimum Gasteiger partial charge on any atom is -0.399 e. The third-order valence-electron chi connectivity index (χ3n) is 3.17. The number of carbonyl (C=O) groups is 1. The van der Waals surface area contributed by atoms with Crippen LogP contribution in [0.15, 0.2) is 23.3 Å². The molecular formula is C12H15N5O. The maximum Gasteiger partial charge on any atom is 0.227 e. The zero-order chi connectivity index (χ0) is 13.1. The third kappa shape index (κ3) is 2.38. The second-order valence-corrected chi connectivity index (χ2v) is 4.53. The number of hydrogen-bond acceptors (Lipinski definition) is 3. The van der Waals surface area contributed by atoms with Gasteiger partial charge in [0, 0.05) is 35.8 Å². The van der Waals surface area contributed by atoms with E-state index in [4.69, 9.17) is 11.3 Å². The second-order valence-electron chi connectivity index (χ2n) is 4.53. The Bertz CT molecular complexity index is 521. The third-order valence-corrected chi connectivity index (χ3v) is 3.17. The number of hydrogen-bond donors (Lipinski definition) is 1. The molecule has 1 heterocycles. The quantitative estimate of drug-likeness (QED) is 0.382. The Balaban J connectivity index is 2.16. The highest BCUT2D eigenvalue weighted by molar-refractivity contribution is 5.96. The van der Waals surface area contributed by atoms with Gasteiger partial charge < -0.3 is 10.6 Å². The number of amides is 1. The maximum absolute atomic E-state index is 11.9. The van der Waals surface area contributed by atoms with E-state index < -0.39 is 0 Å². The van der Waals surface area contributed by atoms with Gasteiger partial charge in [-0.1, -0.05) is 5.11 Å². The van der Waals surface area contributed by atoms with Gasteiger partial charge in [-0.3, -0.25) is 4.79 Å². The fourth-order valence-corrected chi connectivity index (χ4v) is 2.13. The lowest BCUT2D eigenvalue weighted by atomic mass is 10.1. The van der Waals surface area contributed by atoms with E-state index >= 15 is 0 Å². The fraction of sp³-hybridized carbons (Fsp3) is 0.417. The molecule has 1 amide bonds. The molecule has 0 aromatic heterocycles. The van der Waals surface area contributed by atoms with Crippen LogP contribution < -0.4 is 10.6 Å². The van der Waals surface area contributed by atoms with Crippen molar-refractivity contribution in [2.45, 2.75) is 13.3 Å². The van der Waals surface area contributed by atoms with Crippen LogP contribution in [-0.4, -0.2) is 19.0 Å². The SMILES string of the molecule is Cc1cc(N2CC(CN=[N+]=[N-])CC2=O)ccc1N. The van der Waals surface area contributed by atoms with E-state index in [1.54, 1.807) is 11.0 Å². The van der Waals surface area contributed by atoms with E-state index in [1.807, 2.05) is 19.1 Å². The van der Waals surface area contributed by atoms with Gasteiger partial charge in [0.25, 0.3) is 0 Å². The second kappa shape index (κ2) is 4.98. The van der Waals surface area contributed by atoms with Crippen molar-refractivity contribution < 1.29 is 4.79 Å². The van der Waals surface area contributed by atoms with Crippen molar-refractivity contribution in [1.82, 2.24) is 0 Å². The molecule has 1 atom stereocenters. The molecule has 6 heteroatoms. The molecule has 2 rings (SSSR count). The van der Waals surface area contributed by atoms with Crippen molar-refractivity contribution in [2.24, 2.45) is 11.0 Å². The Morgan fingerprint density at radius 1 is 1.61 bits per heavy atom. The van der Waals surface area contributed by atoms with E-state index in [0.717, 1.165) is 16.9 Å². The molecule has 1 aliphatic heterocycles.